The molecule has 0 atom stereocenters. The molecule has 2 N–H and O–H groups in total. The Morgan fingerprint density at radius 1 is 1.23 bits per heavy atom. The number of carbonyl (C=O) groups is 2. The molecule has 0 saturated carbocycles. The highest BCUT2D eigenvalue weighted by molar-refractivity contribution is 9.10. The Balaban J connectivity index is 1.67. The molecule has 1 heterocycles. The summed E-state index contributed by atoms with van der Waals surface area (Å²) in [6.45, 7) is 0.0947. The number of cyclic esters (lactones) is 1. The van der Waals surface area contributed by atoms with Gasteiger partial charge in [-0.2, -0.15) is 5.10 Å². The number of amides is 2. The maximum Gasteiger partial charge on any atom is 0.428 e. The van der Waals surface area contributed by atoms with Gasteiger partial charge in [-0.25, -0.2) is 10.2 Å². The van der Waals surface area contributed by atoms with Crippen LogP contribution in [-0.2, 0) is 16.0 Å². The fourth-order valence-corrected chi connectivity index (χ4v) is 3.18. The molecular weight excluding hydrogens is 445 g/mol. The fraction of sp³-hybridized carbons (Fsp3) is 0.118. The predicted octanol–water partition coefficient (Wildman–Crippen LogP) is 4.38. The summed E-state index contributed by atoms with van der Waals surface area (Å²) in [4.78, 5) is 23.2. The average molecular weight is 457 g/mol. The summed E-state index contributed by atoms with van der Waals surface area (Å²) in [6, 6.07) is 10.4. The third-order valence-corrected chi connectivity index (χ3v) is 5.28. The molecule has 0 spiro atoms. The second kappa shape index (κ2) is 8.07. The molecule has 134 valence electrons. The van der Waals surface area contributed by atoms with E-state index in [1.54, 1.807) is 36.4 Å². The molecule has 3 rings (SSSR count). The average Bonchev–Trinajstić information content (AvgIpc) is 2.63. The first-order valence-corrected chi connectivity index (χ1v) is 9.01. The maximum absolute atomic E-state index is 12.3. The van der Waals surface area contributed by atoms with Crippen LogP contribution < -0.4 is 10.7 Å². The van der Waals surface area contributed by atoms with E-state index in [4.69, 9.17) is 27.9 Å². The number of nitrogens with one attached hydrogen (secondary N) is 2. The summed E-state index contributed by atoms with van der Waals surface area (Å²) in [7, 11) is 0. The zero-order valence-corrected chi connectivity index (χ0v) is 16.3. The molecule has 0 radical (unpaired) electrons. The van der Waals surface area contributed by atoms with Crippen molar-refractivity contribution in [3.8, 4) is 0 Å². The van der Waals surface area contributed by atoms with E-state index in [1.165, 1.54) is 0 Å². The number of benzene rings is 2. The van der Waals surface area contributed by atoms with Crippen LogP contribution in [0.5, 0.6) is 0 Å². The second-order valence-electron chi connectivity index (χ2n) is 5.37. The van der Waals surface area contributed by atoms with Gasteiger partial charge in [0.2, 0.25) is 5.91 Å². The summed E-state index contributed by atoms with van der Waals surface area (Å²) in [5.41, 5.74) is 4.79. The first-order valence-electron chi connectivity index (χ1n) is 7.46. The van der Waals surface area contributed by atoms with Gasteiger partial charge in [0.15, 0.2) is 0 Å². The molecule has 2 aromatic carbocycles. The number of nitrogens with zero attached hydrogens (tertiary/aromatic N) is 1. The van der Waals surface area contributed by atoms with E-state index in [1.807, 2.05) is 0 Å². The number of carbonyl (C=O) groups excluding carboxylic acids is 2. The van der Waals surface area contributed by atoms with Crippen molar-refractivity contribution in [3.05, 3.63) is 62.0 Å². The van der Waals surface area contributed by atoms with Crippen molar-refractivity contribution in [2.24, 2.45) is 5.10 Å². The van der Waals surface area contributed by atoms with E-state index in [0.29, 0.717) is 31.5 Å². The smallest absolute Gasteiger partial charge is 0.428 e. The van der Waals surface area contributed by atoms with Crippen LogP contribution in [0.15, 0.2) is 46.0 Å². The number of halogens is 3. The van der Waals surface area contributed by atoms with Gasteiger partial charge in [0.1, 0.15) is 12.3 Å². The summed E-state index contributed by atoms with van der Waals surface area (Å²) in [5.74, 6) is -0.245. The molecule has 2 aromatic rings. The second-order valence-corrected chi connectivity index (χ2v) is 7.01. The monoisotopic (exact) mass is 455 g/mol. The Kier molecular flexibility index (Phi) is 5.80. The van der Waals surface area contributed by atoms with Crippen LogP contribution in [0.1, 0.15) is 11.1 Å². The largest absolute Gasteiger partial charge is 0.442 e. The molecule has 26 heavy (non-hydrogen) atoms. The van der Waals surface area contributed by atoms with Crippen LogP contribution in [0.3, 0.4) is 0 Å². The quantitative estimate of drug-likeness (QED) is 0.670. The van der Waals surface area contributed by atoms with E-state index >= 15 is 0 Å². The standard InChI is InChI=1S/C17H12BrCl2N3O3/c18-12-5-6-13(19)11(16(12)20)7-15(24)21-10-3-1-9(2-4-10)14-8-26-17(25)23-22-14/h1-6H,7-8H2,(H,21,24)(H,23,25). The van der Waals surface area contributed by atoms with Crippen LogP contribution in [0.4, 0.5) is 10.5 Å². The lowest BCUT2D eigenvalue weighted by atomic mass is 10.1. The first-order chi connectivity index (χ1) is 12.4. The Labute approximate surface area is 167 Å². The fourth-order valence-electron chi connectivity index (χ4n) is 2.30. The zero-order chi connectivity index (χ0) is 18.7. The van der Waals surface area contributed by atoms with Crippen molar-refractivity contribution in [2.75, 3.05) is 11.9 Å². The SMILES string of the molecule is O=C(Cc1c(Cl)ccc(Br)c1Cl)Nc1ccc(C2=NNC(=O)OC2)cc1. The molecule has 0 unspecified atom stereocenters. The van der Waals surface area contributed by atoms with Gasteiger partial charge in [-0.15, -0.1) is 0 Å². The molecule has 0 aromatic heterocycles. The van der Waals surface area contributed by atoms with Crippen LogP contribution in [0.2, 0.25) is 10.0 Å². The third kappa shape index (κ3) is 4.35. The molecule has 0 fully saturated rings. The van der Waals surface area contributed by atoms with Crippen molar-refractivity contribution < 1.29 is 14.3 Å². The molecule has 1 aliphatic rings. The van der Waals surface area contributed by atoms with Gasteiger partial charge in [-0.1, -0.05) is 35.3 Å². The predicted molar refractivity (Wildman–Crippen MR) is 104 cm³/mol. The molecular formula is C17H12BrCl2N3O3. The summed E-state index contributed by atoms with van der Waals surface area (Å²) in [5, 5.41) is 7.56. The van der Waals surface area contributed by atoms with E-state index in [0.717, 1.165) is 5.56 Å². The van der Waals surface area contributed by atoms with Gasteiger partial charge in [0.25, 0.3) is 0 Å². The van der Waals surface area contributed by atoms with Crippen molar-refractivity contribution in [1.82, 2.24) is 5.43 Å². The lowest BCUT2D eigenvalue weighted by Gasteiger charge is -2.13. The maximum atomic E-state index is 12.3. The van der Waals surface area contributed by atoms with Gasteiger partial charge in [0, 0.05) is 20.7 Å². The number of ether oxygens (including phenoxy) is 1. The Hall–Kier alpha value is -2.09. The van der Waals surface area contributed by atoms with Gasteiger partial charge < -0.3 is 10.1 Å². The Morgan fingerprint density at radius 3 is 2.62 bits per heavy atom. The molecule has 2 amide bonds. The number of anilines is 1. The number of hydrogen-bond acceptors (Lipinski definition) is 4. The number of rotatable bonds is 4. The van der Waals surface area contributed by atoms with Crippen molar-refractivity contribution in [3.63, 3.8) is 0 Å². The van der Waals surface area contributed by atoms with E-state index in [2.05, 4.69) is 31.8 Å². The van der Waals surface area contributed by atoms with Crippen LogP contribution in [0, 0.1) is 0 Å². The molecule has 0 aliphatic carbocycles. The van der Waals surface area contributed by atoms with Gasteiger partial charge in [-0.3, -0.25) is 4.79 Å². The topological polar surface area (TPSA) is 79.8 Å². The Bertz CT molecular complexity index is 901. The van der Waals surface area contributed by atoms with E-state index < -0.39 is 6.09 Å². The third-order valence-electron chi connectivity index (χ3n) is 3.60. The van der Waals surface area contributed by atoms with Crippen molar-refractivity contribution in [2.45, 2.75) is 6.42 Å². The minimum atomic E-state index is -0.581. The van der Waals surface area contributed by atoms with Crippen molar-refractivity contribution in [1.29, 1.82) is 0 Å². The van der Waals surface area contributed by atoms with Gasteiger partial charge in [-0.05, 0) is 45.8 Å². The summed E-state index contributed by atoms with van der Waals surface area (Å²) in [6.07, 6.45) is -0.534. The zero-order valence-electron chi connectivity index (χ0n) is 13.2. The molecule has 6 nitrogen and oxygen atoms in total. The highest BCUT2D eigenvalue weighted by Gasteiger charge is 2.15. The summed E-state index contributed by atoms with van der Waals surface area (Å²) < 4.78 is 5.54. The lowest BCUT2D eigenvalue weighted by molar-refractivity contribution is -0.115. The minimum Gasteiger partial charge on any atom is -0.442 e. The van der Waals surface area contributed by atoms with E-state index in [9.17, 15) is 9.59 Å². The molecule has 1 aliphatic heterocycles. The Morgan fingerprint density at radius 2 is 1.96 bits per heavy atom. The molecule has 9 heteroatoms. The highest BCUT2D eigenvalue weighted by atomic mass is 79.9. The van der Waals surface area contributed by atoms with Crippen LogP contribution in [0.25, 0.3) is 0 Å². The first kappa shape index (κ1) is 18.7. The van der Waals surface area contributed by atoms with Gasteiger partial charge >= 0.3 is 6.09 Å². The molecule has 0 saturated heterocycles. The highest BCUT2D eigenvalue weighted by Crippen LogP contribution is 2.32. The van der Waals surface area contributed by atoms with Crippen LogP contribution in [-0.4, -0.2) is 24.3 Å². The van der Waals surface area contributed by atoms with Crippen molar-refractivity contribution >= 4 is 62.5 Å². The van der Waals surface area contributed by atoms with Gasteiger partial charge in [0.05, 0.1) is 11.4 Å². The molecule has 0 bridgehead atoms. The normalized spacial score (nSPS) is 13.5. The van der Waals surface area contributed by atoms with E-state index in [-0.39, 0.29) is 18.9 Å². The summed E-state index contributed by atoms with van der Waals surface area (Å²) >= 11 is 15.6. The minimum absolute atomic E-state index is 0.0471. The number of hydrazone groups is 1. The number of hydrogen-bond donors (Lipinski definition) is 2. The lowest BCUT2D eigenvalue weighted by Crippen LogP contribution is -2.30. The van der Waals surface area contributed by atoms with Crippen LogP contribution >= 0.6 is 39.1 Å².